The number of nitrogens with one attached hydrogen (secondary N) is 1. The molecule has 1 fully saturated rings. The van der Waals surface area contributed by atoms with E-state index >= 15 is 0 Å². The fraction of sp³-hybridized carbons (Fsp3) is 0.615. The topological polar surface area (TPSA) is 32.3 Å². The summed E-state index contributed by atoms with van der Waals surface area (Å²) in [6.07, 6.45) is 1.47. The lowest BCUT2D eigenvalue weighted by molar-refractivity contribution is -0.132. The van der Waals surface area contributed by atoms with Gasteiger partial charge < -0.3 is 10.2 Å². The molecule has 1 aromatic rings. The average molecular weight is 331 g/mol. The van der Waals surface area contributed by atoms with Gasteiger partial charge in [-0.15, -0.1) is 11.3 Å². The Morgan fingerprint density at radius 2 is 2.17 bits per heavy atom. The number of aryl methyl sites for hydroxylation is 1. The highest BCUT2D eigenvalue weighted by molar-refractivity contribution is 9.10. The van der Waals surface area contributed by atoms with Crippen molar-refractivity contribution < 1.29 is 4.79 Å². The van der Waals surface area contributed by atoms with Gasteiger partial charge in [-0.05, 0) is 42.3 Å². The fourth-order valence-electron chi connectivity index (χ4n) is 2.40. The van der Waals surface area contributed by atoms with Gasteiger partial charge in [0.1, 0.15) is 0 Å². The summed E-state index contributed by atoms with van der Waals surface area (Å²) in [5, 5.41) is 5.51. The second-order valence-electron chi connectivity index (χ2n) is 5.00. The molecule has 0 aromatic carbocycles. The molecule has 2 atom stereocenters. The zero-order valence-corrected chi connectivity index (χ0v) is 13.2. The first kappa shape index (κ1) is 14.0. The first-order valence-electron chi connectivity index (χ1n) is 6.31. The molecule has 0 saturated carbocycles. The van der Waals surface area contributed by atoms with Crippen molar-refractivity contribution in [1.82, 2.24) is 10.2 Å². The van der Waals surface area contributed by atoms with Crippen molar-refractivity contribution in [3.05, 3.63) is 20.8 Å². The maximum Gasteiger partial charge on any atom is 0.223 e. The van der Waals surface area contributed by atoms with Crippen molar-refractivity contribution in [3.63, 3.8) is 0 Å². The summed E-state index contributed by atoms with van der Waals surface area (Å²) >= 11 is 5.15. The minimum absolute atomic E-state index is 0.278. The number of thiophene rings is 1. The summed E-state index contributed by atoms with van der Waals surface area (Å²) in [5.41, 5.74) is 0. The number of halogens is 1. The van der Waals surface area contributed by atoms with E-state index in [0.29, 0.717) is 18.5 Å². The van der Waals surface area contributed by atoms with Crippen LogP contribution in [0.25, 0.3) is 0 Å². The molecule has 0 radical (unpaired) electrons. The SMILES string of the molecule is CC1CN(C(=O)CCc2cc(Br)cs2)CC(C)N1. The van der Waals surface area contributed by atoms with Crippen molar-refractivity contribution in [2.75, 3.05) is 13.1 Å². The van der Waals surface area contributed by atoms with Crippen molar-refractivity contribution in [2.45, 2.75) is 38.8 Å². The van der Waals surface area contributed by atoms with E-state index in [2.05, 4.69) is 46.5 Å². The molecule has 2 unspecified atom stereocenters. The van der Waals surface area contributed by atoms with Crippen molar-refractivity contribution in [1.29, 1.82) is 0 Å². The zero-order valence-electron chi connectivity index (χ0n) is 10.8. The number of amides is 1. The van der Waals surface area contributed by atoms with Crippen LogP contribution in [0.2, 0.25) is 0 Å². The van der Waals surface area contributed by atoms with E-state index in [1.807, 2.05) is 4.90 Å². The predicted molar refractivity (Wildman–Crippen MR) is 79.0 cm³/mol. The molecule has 5 heteroatoms. The van der Waals surface area contributed by atoms with Gasteiger partial charge in [-0.2, -0.15) is 0 Å². The molecule has 100 valence electrons. The number of hydrogen-bond donors (Lipinski definition) is 1. The Kier molecular flexibility index (Phi) is 4.81. The first-order chi connectivity index (χ1) is 8.54. The van der Waals surface area contributed by atoms with E-state index in [1.165, 1.54) is 4.88 Å². The molecule has 1 aromatic heterocycles. The molecular formula is C13H19BrN2OS. The number of nitrogens with zero attached hydrogens (tertiary/aromatic N) is 1. The molecule has 1 amide bonds. The normalized spacial score (nSPS) is 24.3. The van der Waals surface area contributed by atoms with E-state index < -0.39 is 0 Å². The van der Waals surface area contributed by atoms with Gasteiger partial charge in [0.25, 0.3) is 0 Å². The second kappa shape index (κ2) is 6.17. The van der Waals surface area contributed by atoms with Crippen LogP contribution >= 0.6 is 27.3 Å². The molecule has 18 heavy (non-hydrogen) atoms. The van der Waals surface area contributed by atoms with E-state index in [9.17, 15) is 4.79 Å². The Labute approximate surface area is 121 Å². The first-order valence-corrected chi connectivity index (χ1v) is 7.98. The smallest absolute Gasteiger partial charge is 0.223 e. The van der Waals surface area contributed by atoms with E-state index in [4.69, 9.17) is 0 Å². The summed E-state index contributed by atoms with van der Waals surface area (Å²) in [6.45, 7) is 5.92. The zero-order chi connectivity index (χ0) is 13.1. The highest BCUT2D eigenvalue weighted by Crippen LogP contribution is 2.21. The van der Waals surface area contributed by atoms with Crippen LogP contribution in [0, 0.1) is 0 Å². The van der Waals surface area contributed by atoms with Crippen LogP contribution in [0.3, 0.4) is 0 Å². The third-order valence-electron chi connectivity index (χ3n) is 3.12. The van der Waals surface area contributed by atoms with Crippen LogP contribution < -0.4 is 5.32 Å². The molecule has 0 spiro atoms. The van der Waals surface area contributed by atoms with Crippen molar-refractivity contribution in [2.24, 2.45) is 0 Å². The standard InChI is InChI=1S/C13H19BrN2OS/c1-9-6-16(7-10(2)15-9)13(17)4-3-12-5-11(14)8-18-12/h5,8-10,15H,3-4,6-7H2,1-2H3. The van der Waals surface area contributed by atoms with Gasteiger partial charge in [-0.1, -0.05) is 0 Å². The summed E-state index contributed by atoms with van der Waals surface area (Å²) in [6, 6.07) is 2.89. The molecule has 3 nitrogen and oxygen atoms in total. The van der Waals surface area contributed by atoms with Gasteiger partial charge in [0.15, 0.2) is 0 Å². The highest BCUT2D eigenvalue weighted by atomic mass is 79.9. The van der Waals surface area contributed by atoms with E-state index in [1.54, 1.807) is 11.3 Å². The van der Waals surface area contributed by atoms with Gasteiger partial charge in [0.2, 0.25) is 5.91 Å². The molecule has 1 saturated heterocycles. The Hall–Kier alpha value is -0.390. The number of carbonyl (C=O) groups excluding carboxylic acids is 1. The molecule has 0 aliphatic carbocycles. The lowest BCUT2D eigenvalue weighted by Gasteiger charge is -2.36. The number of piperazine rings is 1. The van der Waals surface area contributed by atoms with E-state index in [0.717, 1.165) is 24.0 Å². The summed E-state index contributed by atoms with van der Waals surface area (Å²) in [4.78, 5) is 15.4. The molecule has 0 bridgehead atoms. The van der Waals surface area contributed by atoms with E-state index in [-0.39, 0.29) is 5.91 Å². The Bertz CT molecular complexity index is 411. The predicted octanol–water partition coefficient (Wildman–Crippen LogP) is 2.65. The van der Waals surface area contributed by atoms with Gasteiger partial charge in [-0.25, -0.2) is 0 Å². The third kappa shape index (κ3) is 3.80. The summed E-state index contributed by atoms with van der Waals surface area (Å²) in [7, 11) is 0. The van der Waals surface area contributed by atoms with Crippen LogP contribution in [0.4, 0.5) is 0 Å². The molecular weight excluding hydrogens is 312 g/mol. The lowest BCUT2D eigenvalue weighted by Crippen LogP contribution is -2.55. The minimum Gasteiger partial charge on any atom is -0.340 e. The van der Waals surface area contributed by atoms with Gasteiger partial charge in [-0.3, -0.25) is 4.79 Å². The summed E-state index contributed by atoms with van der Waals surface area (Å²) in [5.74, 6) is 0.278. The van der Waals surface area contributed by atoms with Crippen molar-refractivity contribution in [3.8, 4) is 0 Å². The fourth-order valence-corrected chi connectivity index (χ4v) is 3.86. The second-order valence-corrected chi connectivity index (χ2v) is 6.91. The molecule has 2 heterocycles. The maximum atomic E-state index is 12.2. The largest absolute Gasteiger partial charge is 0.340 e. The number of hydrogen-bond acceptors (Lipinski definition) is 3. The Balaban J connectivity index is 1.84. The number of rotatable bonds is 3. The number of carbonyl (C=O) groups is 1. The molecule has 1 N–H and O–H groups in total. The van der Waals surface area contributed by atoms with Crippen LogP contribution in [0.5, 0.6) is 0 Å². The summed E-state index contributed by atoms with van der Waals surface area (Å²) < 4.78 is 1.11. The monoisotopic (exact) mass is 330 g/mol. The Morgan fingerprint density at radius 3 is 2.72 bits per heavy atom. The molecule has 2 rings (SSSR count). The van der Waals surface area contributed by atoms with Gasteiger partial charge >= 0.3 is 0 Å². The van der Waals surface area contributed by atoms with Crippen molar-refractivity contribution >= 4 is 33.2 Å². The molecule has 1 aliphatic rings. The minimum atomic E-state index is 0.278. The Morgan fingerprint density at radius 1 is 1.50 bits per heavy atom. The maximum absolute atomic E-state index is 12.2. The lowest BCUT2D eigenvalue weighted by atomic mass is 10.1. The van der Waals surface area contributed by atoms with Crippen LogP contribution in [0.15, 0.2) is 15.9 Å². The molecule has 1 aliphatic heterocycles. The third-order valence-corrected chi connectivity index (χ3v) is 4.87. The van der Waals surface area contributed by atoms with Crippen LogP contribution in [-0.4, -0.2) is 36.0 Å². The highest BCUT2D eigenvalue weighted by Gasteiger charge is 2.24. The van der Waals surface area contributed by atoms with Gasteiger partial charge in [0, 0.05) is 46.3 Å². The van der Waals surface area contributed by atoms with Gasteiger partial charge in [0.05, 0.1) is 0 Å². The van der Waals surface area contributed by atoms with Crippen LogP contribution in [0.1, 0.15) is 25.1 Å². The quantitative estimate of drug-likeness (QED) is 0.924. The average Bonchev–Trinajstić information content (AvgIpc) is 2.70. The van der Waals surface area contributed by atoms with Crippen LogP contribution in [-0.2, 0) is 11.2 Å².